The van der Waals surface area contributed by atoms with Crippen LogP contribution in [0, 0.1) is 36.5 Å². The Morgan fingerprint density at radius 3 is 2.34 bits per heavy atom. The molecular weight excluding hydrogens is 903 g/mol. The van der Waals surface area contributed by atoms with E-state index in [1.807, 2.05) is 19.9 Å². The summed E-state index contributed by atoms with van der Waals surface area (Å²) in [6.45, 7) is 18.1. The number of nitrogens with two attached hydrogens (primary N) is 2. The van der Waals surface area contributed by atoms with Crippen LogP contribution in [0.4, 0.5) is 5.69 Å². The summed E-state index contributed by atoms with van der Waals surface area (Å²) in [5.74, 6) is -1.07. The highest BCUT2D eigenvalue weighted by Gasteiger charge is 2.50. The lowest BCUT2D eigenvalue weighted by Crippen LogP contribution is -2.46. The summed E-state index contributed by atoms with van der Waals surface area (Å²) in [6.07, 6.45) is 7.87. The molecule has 70 heavy (non-hydrogen) atoms. The number of aromatic hydroxyl groups is 2. The van der Waals surface area contributed by atoms with Gasteiger partial charge in [0.05, 0.1) is 41.2 Å². The molecule has 4 aliphatic heterocycles. The van der Waals surface area contributed by atoms with Gasteiger partial charge in [-0.15, -0.1) is 0 Å². The molecule has 4 unspecified atom stereocenters. The molecule has 2 aromatic rings. The Hall–Kier alpha value is -6.02. The van der Waals surface area contributed by atoms with Crippen LogP contribution in [-0.4, -0.2) is 117 Å². The van der Waals surface area contributed by atoms with Crippen LogP contribution in [0.15, 0.2) is 58.0 Å². The first-order valence-electron chi connectivity index (χ1n) is 24.0. The highest BCUT2D eigenvalue weighted by Crippen LogP contribution is 2.50. The molecule has 19 heteroatoms. The maximum atomic E-state index is 14.9. The van der Waals surface area contributed by atoms with Crippen molar-refractivity contribution in [1.82, 2.24) is 9.91 Å². The lowest BCUT2D eigenvalue weighted by molar-refractivity contribution is -0.162. The van der Waals surface area contributed by atoms with Crippen LogP contribution in [0.3, 0.4) is 0 Å². The number of likely N-dealkylation sites (tertiary alicyclic amines) is 1. The predicted octanol–water partition coefficient (Wildman–Crippen LogP) is 4.60. The molecule has 1 spiro atoms. The Morgan fingerprint density at radius 1 is 1.03 bits per heavy atom. The number of nitrogens with one attached hydrogen (secondary N) is 1. The fraction of sp³-hybridized carbons (Fsp3) is 0.569. The number of piperidine rings is 1. The fourth-order valence-corrected chi connectivity index (χ4v) is 9.98. The Labute approximate surface area is 408 Å². The average molecular weight is 974 g/mol. The van der Waals surface area contributed by atoms with Gasteiger partial charge < -0.3 is 60.3 Å². The number of allylic oxidation sites excluding steroid dienone is 4. The first-order chi connectivity index (χ1) is 32.9. The summed E-state index contributed by atoms with van der Waals surface area (Å²) in [4.78, 5) is 66.2. The number of nitrogens with zero attached hydrogens (tertiary/aromatic N) is 4. The maximum absolute atomic E-state index is 14.9. The number of aliphatic carboxylic acids is 1. The number of anilines is 1. The number of methoxy groups -OCH3 is 1. The van der Waals surface area contributed by atoms with Gasteiger partial charge in [-0.1, -0.05) is 59.8 Å². The van der Waals surface area contributed by atoms with E-state index >= 15 is 0 Å². The molecule has 4 bridgehead atoms. The number of hydrogen-bond acceptors (Lipinski definition) is 17. The van der Waals surface area contributed by atoms with Crippen molar-refractivity contribution in [2.24, 2.45) is 51.2 Å². The molecule has 1 fully saturated rings. The molecule has 1 saturated heterocycles. The second-order valence-electron chi connectivity index (χ2n) is 20.1. The Morgan fingerprint density at radius 2 is 1.70 bits per heavy atom. The highest BCUT2D eigenvalue weighted by atomic mass is 16.7. The van der Waals surface area contributed by atoms with Gasteiger partial charge in [0.15, 0.2) is 11.4 Å². The number of amides is 1. The molecule has 0 radical (unpaired) electrons. The molecule has 4 heterocycles. The van der Waals surface area contributed by atoms with E-state index < -0.39 is 77.5 Å². The highest BCUT2D eigenvalue weighted by molar-refractivity contribution is 6.19. The number of carboxylic acid groups (broad SMARTS) is 1. The van der Waals surface area contributed by atoms with Gasteiger partial charge >= 0.3 is 17.7 Å². The molecular formula is C51H71N7O12. The summed E-state index contributed by atoms with van der Waals surface area (Å²) in [5.41, 5.74) is 5.51. The number of hydrogen-bond donors (Lipinski definition) is 7. The van der Waals surface area contributed by atoms with E-state index in [1.54, 1.807) is 39.8 Å². The van der Waals surface area contributed by atoms with Crippen molar-refractivity contribution in [2.45, 2.75) is 124 Å². The number of carboxylic acids is 1. The Kier molecular flexibility index (Phi) is 16.4. The van der Waals surface area contributed by atoms with Gasteiger partial charge in [-0.2, -0.15) is 0 Å². The number of Topliss-reactive ketones (excluding diaryl/α,β-unsaturated/α-hetero) is 1. The molecule has 1 amide bonds. The lowest BCUT2D eigenvalue weighted by Gasteiger charge is -2.37. The van der Waals surface area contributed by atoms with Crippen molar-refractivity contribution in [3.8, 4) is 17.2 Å². The Bertz CT molecular complexity index is 2620. The van der Waals surface area contributed by atoms with E-state index in [0.717, 1.165) is 11.6 Å². The molecule has 4 aliphatic rings. The summed E-state index contributed by atoms with van der Waals surface area (Å²) >= 11 is 0. The first kappa shape index (κ1) is 53.3. The zero-order chi connectivity index (χ0) is 51.6. The number of ketones is 1. The number of carbonyl (C=O) groups excluding carboxylic acids is 3. The number of benzene rings is 2. The van der Waals surface area contributed by atoms with E-state index in [9.17, 15) is 34.5 Å². The van der Waals surface area contributed by atoms with Crippen LogP contribution in [0.2, 0.25) is 0 Å². The van der Waals surface area contributed by atoms with Gasteiger partial charge in [-0.05, 0) is 50.5 Å². The molecule has 0 aromatic heterocycles. The van der Waals surface area contributed by atoms with Gasteiger partial charge in [0, 0.05) is 86.8 Å². The standard InChI is InChI=1S/C51H71N7O12/c1-26(2)23-57-19-17-51(18-20-57)55-40-37-38-44(63)32(8)47-39(37)48(65)50(9,70-47)68-21-16-34(67-10)30(6)46(69-36(61)25-58(53)24-33(52)14-15-35(59)60)31(7)43(62)29(5)22-27(3)12-11-13-28(4)49(66)54-42(45(38)64)41(40)56-51/h11-13,16,21,24,26-27,29-31,34,43,46,62-64H,14-15,17-20,22-23,25,52-53H2,1-10H3,(H,54,66)(H,59,60)/b12-11+,21-16+,28-13-,33-24-/t27?,29-,30-,31-,34+,43?,46?,50?/m1/s1. The number of aliphatic hydroxyl groups is 1. The first-order valence-corrected chi connectivity index (χ1v) is 24.0. The van der Waals surface area contributed by atoms with Crippen LogP contribution in [0.5, 0.6) is 17.2 Å². The van der Waals surface area contributed by atoms with Crippen LogP contribution in [-0.2, 0) is 28.6 Å². The number of carbonyl (C=O) groups is 4. The minimum Gasteiger partial charge on any atom is -0.507 e. The number of ether oxygens (including phenoxy) is 4. The number of esters is 1. The number of rotatable bonds is 10. The smallest absolute Gasteiger partial charge is 0.327 e. The van der Waals surface area contributed by atoms with Crippen LogP contribution in [0.25, 0.3) is 10.8 Å². The van der Waals surface area contributed by atoms with Crippen molar-refractivity contribution in [3.05, 3.63) is 69.9 Å². The van der Waals surface area contributed by atoms with Crippen LogP contribution in [0.1, 0.15) is 103 Å². The monoisotopic (exact) mass is 974 g/mol. The van der Waals surface area contributed by atoms with E-state index in [4.69, 9.17) is 45.6 Å². The average Bonchev–Trinajstić information content (AvgIpc) is 3.79. The number of hydrazine groups is 1. The topological polar surface area (TPSA) is 281 Å². The minimum absolute atomic E-state index is 0.0108. The number of phenolic OH excluding ortho intramolecular Hbond substituents is 2. The van der Waals surface area contributed by atoms with Gasteiger partial charge in [-0.25, -0.2) is 5.84 Å². The second-order valence-corrected chi connectivity index (χ2v) is 20.1. The largest absolute Gasteiger partial charge is 0.507 e. The predicted molar refractivity (Wildman–Crippen MR) is 261 cm³/mol. The van der Waals surface area contributed by atoms with Gasteiger partial charge in [0.25, 0.3) is 11.7 Å². The molecule has 2 aromatic carbocycles. The van der Waals surface area contributed by atoms with Crippen molar-refractivity contribution in [2.75, 3.05) is 38.6 Å². The molecule has 6 rings (SSSR count). The summed E-state index contributed by atoms with van der Waals surface area (Å²) < 4.78 is 24.5. The number of aliphatic hydroxyl groups excluding tert-OH is 1. The maximum Gasteiger partial charge on any atom is 0.327 e. The van der Waals surface area contributed by atoms with Gasteiger partial charge in [-0.3, -0.25) is 29.2 Å². The normalized spacial score (nSPS) is 29.1. The summed E-state index contributed by atoms with van der Waals surface area (Å²) in [5, 5.41) is 49.3. The quantitative estimate of drug-likeness (QED) is 0.0742. The van der Waals surface area contributed by atoms with E-state index in [0.29, 0.717) is 43.8 Å². The van der Waals surface area contributed by atoms with E-state index in [1.165, 1.54) is 32.6 Å². The molecule has 9 N–H and O–H groups in total. The second kappa shape index (κ2) is 21.5. The third-order valence-electron chi connectivity index (χ3n) is 13.9. The van der Waals surface area contributed by atoms with E-state index in [-0.39, 0.29) is 80.2 Å². The molecule has 0 saturated carbocycles. The number of phenols is 2. The van der Waals surface area contributed by atoms with Crippen molar-refractivity contribution >= 4 is 40.1 Å². The van der Waals surface area contributed by atoms with Crippen LogP contribution < -0.4 is 32.3 Å². The van der Waals surface area contributed by atoms with Gasteiger partial charge in [0.1, 0.15) is 35.2 Å². The summed E-state index contributed by atoms with van der Waals surface area (Å²) in [6, 6.07) is 0. The number of fused-ring (bicyclic) bond motifs is 1. The summed E-state index contributed by atoms with van der Waals surface area (Å²) in [7, 11) is 1.45. The van der Waals surface area contributed by atoms with Gasteiger partial charge in [0.2, 0.25) is 0 Å². The molecule has 19 nitrogen and oxygen atoms in total. The molecule has 382 valence electrons. The zero-order valence-corrected chi connectivity index (χ0v) is 41.9. The van der Waals surface area contributed by atoms with Crippen molar-refractivity contribution < 1.29 is 58.6 Å². The molecule has 0 aliphatic carbocycles. The van der Waals surface area contributed by atoms with Crippen molar-refractivity contribution in [1.29, 1.82) is 0 Å². The third kappa shape index (κ3) is 11.3. The van der Waals surface area contributed by atoms with E-state index in [2.05, 4.69) is 24.1 Å². The van der Waals surface area contributed by atoms with Crippen molar-refractivity contribution in [3.63, 3.8) is 0 Å². The SMILES string of the molecule is CO[C@H]1/C=C/OC2(C)Oc3c(C)c(O)c4c(O)c(c5c(c4c3C2=O)=NC2(CCN(CC(C)C)CC2)N=5)NC(=O)/C(C)=C\C=C\C(C)C[C@@H](C)C(O)[C@@H](C)C(OC(=O)CN(N)/C=C(\N)CCC(=O)O)[C@@H]1C. The zero-order valence-electron chi connectivity index (χ0n) is 41.9. The van der Waals surface area contributed by atoms with Crippen LogP contribution >= 0.6 is 0 Å². The molecule has 8 atom stereocenters. The third-order valence-corrected chi connectivity index (χ3v) is 13.9. The lowest BCUT2D eigenvalue weighted by atomic mass is 9.79. The fourth-order valence-electron chi connectivity index (χ4n) is 9.98. The Balaban J connectivity index is 1.44. The minimum atomic E-state index is -2.01.